The summed E-state index contributed by atoms with van der Waals surface area (Å²) in [6.45, 7) is 6.53. The van der Waals surface area contributed by atoms with Gasteiger partial charge in [-0.1, -0.05) is 18.2 Å². The van der Waals surface area contributed by atoms with Crippen LogP contribution >= 0.6 is 11.6 Å². The Hall–Kier alpha value is -0.580. The minimum absolute atomic E-state index is 0.125. The summed E-state index contributed by atoms with van der Waals surface area (Å²) in [5, 5.41) is 15.2. The molecular weight excluding hydrogens is 196 g/mol. The number of halogens is 1. The van der Waals surface area contributed by atoms with E-state index < -0.39 is 0 Å². The number of esters is 1. The second-order valence-corrected chi connectivity index (χ2v) is 1.83. The highest BCUT2D eigenvalue weighted by molar-refractivity contribution is 6.25. The van der Waals surface area contributed by atoms with Gasteiger partial charge in [0.25, 0.3) is 0 Å². The van der Waals surface area contributed by atoms with E-state index in [1.54, 1.807) is 6.92 Å². The largest absolute Gasteiger partial charge is 0.466 e. The van der Waals surface area contributed by atoms with Gasteiger partial charge in [0.05, 0.1) is 19.8 Å². The quantitative estimate of drug-likeness (QED) is 0.668. The zero-order valence-corrected chi connectivity index (χ0v) is 8.75. The predicted octanol–water partition coefficient (Wildman–Crippen LogP) is 0.909. The minimum atomic E-state index is -0.211. The van der Waals surface area contributed by atoms with Gasteiger partial charge in [-0.05, 0) is 12.5 Å². The Bertz CT molecular complexity index is 104. The maximum absolute atomic E-state index is 9.82. The zero-order valence-electron chi connectivity index (χ0n) is 7.99. The van der Waals surface area contributed by atoms with Crippen LogP contribution in [0.5, 0.6) is 0 Å². The van der Waals surface area contributed by atoms with Gasteiger partial charge in [-0.25, -0.2) is 0 Å². The lowest BCUT2D eigenvalue weighted by Crippen LogP contribution is -1.95. The third-order valence-electron chi connectivity index (χ3n) is 0.448. The van der Waals surface area contributed by atoms with Gasteiger partial charge in [-0.3, -0.25) is 4.79 Å². The Kier molecular flexibility index (Phi) is 31.6. The van der Waals surface area contributed by atoms with Gasteiger partial charge in [0.15, 0.2) is 0 Å². The van der Waals surface area contributed by atoms with Gasteiger partial charge in [0.2, 0.25) is 0 Å². The first-order valence-electron chi connectivity index (χ1n) is 3.66. The number of hydrogen-bond donors (Lipinski definition) is 2. The monoisotopic (exact) mass is 212 g/mol. The van der Waals surface area contributed by atoms with E-state index in [1.807, 2.05) is 0 Å². The van der Waals surface area contributed by atoms with Crippen molar-refractivity contribution in [3.05, 3.63) is 12.1 Å². The van der Waals surface area contributed by atoms with E-state index in [4.69, 9.17) is 21.8 Å². The molecular formula is C8H17ClO4. The van der Waals surface area contributed by atoms with Gasteiger partial charge in [-0.2, -0.15) is 0 Å². The van der Waals surface area contributed by atoms with Crippen LogP contribution in [0.2, 0.25) is 0 Å². The number of aliphatic hydroxyl groups excluding tert-OH is 2. The minimum Gasteiger partial charge on any atom is -0.466 e. The smallest absolute Gasteiger partial charge is 0.302 e. The van der Waals surface area contributed by atoms with Crippen LogP contribution < -0.4 is 0 Å². The molecule has 0 bridgehead atoms. The van der Waals surface area contributed by atoms with E-state index in [0.29, 0.717) is 6.61 Å². The summed E-state index contributed by atoms with van der Waals surface area (Å²) in [4.78, 5) is 9.82. The standard InChI is InChI=1S/C4H8O2.C2H3Cl.C2H6O2/c1-3-6-4(2)5;1-2-3;3-1-2-4/h3H2,1-2H3;2H,1H2;3-4H,1-2H2. The molecule has 13 heavy (non-hydrogen) atoms. The average molecular weight is 213 g/mol. The summed E-state index contributed by atoms with van der Waals surface area (Å²) in [5.41, 5.74) is 1.22. The van der Waals surface area contributed by atoms with Gasteiger partial charge >= 0.3 is 5.97 Å². The first-order valence-corrected chi connectivity index (χ1v) is 4.10. The third kappa shape index (κ3) is 86.6. The zero-order chi connectivity index (χ0) is 11.1. The molecule has 0 radical (unpaired) electrons. The van der Waals surface area contributed by atoms with Crippen LogP contribution in [0.1, 0.15) is 13.8 Å². The Morgan fingerprint density at radius 3 is 1.85 bits per heavy atom. The number of rotatable bonds is 2. The summed E-state index contributed by atoms with van der Waals surface area (Å²) >= 11 is 4.76. The van der Waals surface area contributed by atoms with Crippen LogP contribution in [0, 0.1) is 0 Å². The second-order valence-electron chi connectivity index (χ2n) is 1.53. The molecule has 5 heteroatoms. The van der Waals surface area contributed by atoms with Crippen molar-refractivity contribution in [1.29, 1.82) is 0 Å². The number of ether oxygens (including phenoxy) is 1. The van der Waals surface area contributed by atoms with Crippen molar-refractivity contribution in [2.75, 3.05) is 19.8 Å². The van der Waals surface area contributed by atoms with Crippen LogP contribution in [-0.2, 0) is 9.53 Å². The molecule has 0 amide bonds. The van der Waals surface area contributed by atoms with Crippen LogP contribution in [0.3, 0.4) is 0 Å². The molecule has 0 aromatic carbocycles. The third-order valence-corrected chi connectivity index (χ3v) is 0.448. The van der Waals surface area contributed by atoms with Gasteiger partial charge in [0.1, 0.15) is 0 Å². The Morgan fingerprint density at radius 2 is 1.85 bits per heavy atom. The normalized spacial score (nSPS) is 6.85. The highest BCUT2D eigenvalue weighted by Crippen LogP contribution is 1.69. The summed E-state index contributed by atoms with van der Waals surface area (Å²) in [6, 6.07) is 0. The molecule has 0 aromatic heterocycles. The lowest BCUT2D eigenvalue weighted by molar-refractivity contribution is -0.140. The summed E-state index contributed by atoms with van der Waals surface area (Å²) < 4.78 is 4.40. The molecule has 2 N–H and O–H groups in total. The molecule has 0 fully saturated rings. The summed E-state index contributed by atoms with van der Waals surface area (Å²) in [6.07, 6.45) is 0. The van der Waals surface area contributed by atoms with Gasteiger partial charge in [0, 0.05) is 6.92 Å². The van der Waals surface area contributed by atoms with Crippen molar-refractivity contribution in [1.82, 2.24) is 0 Å². The fourth-order valence-electron chi connectivity index (χ4n) is 0.203. The van der Waals surface area contributed by atoms with Crippen LogP contribution in [0.15, 0.2) is 12.1 Å². The maximum Gasteiger partial charge on any atom is 0.302 e. The number of hydrogen-bond acceptors (Lipinski definition) is 4. The van der Waals surface area contributed by atoms with Crippen molar-refractivity contribution in [2.45, 2.75) is 13.8 Å². The number of aliphatic hydroxyl groups is 2. The van der Waals surface area contributed by atoms with Crippen molar-refractivity contribution in [3.8, 4) is 0 Å². The molecule has 0 saturated carbocycles. The molecule has 0 aliphatic carbocycles. The SMILES string of the molecule is C=CCl.CCOC(C)=O.OCCO. The molecule has 0 saturated heterocycles. The molecule has 4 nitrogen and oxygen atoms in total. The lowest BCUT2D eigenvalue weighted by atomic mass is 10.8. The molecule has 0 aromatic rings. The van der Waals surface area contributed by atoms with Gasteiger partial charge < -0.3 is 14.9 Å². The van der Waals surface area contributed by atoms with Crippen molar-refractivity contribution < 1.29 is 19.7 Å². The predicted molar refractivity (Wildman–Crippen MR) is 52.5 cm³/mol. The van der Waals surface area contributed by atoms with Crippen LogP contribution in [-0.4, -0.2) is 36.0 Å². The summed E-state index contributed by atoms with van der Waals surface area (Å²) in [7, 11) is 0. The molecule has 0 heterocycles. The fourth-order valence-corrected chi connectivity index (χ4v) is 0.203. The topological polar surface area (TPSA) is 66.8 Å². The number of carbonyl (C=O) groups excluding carboxylic acids is 1. The van der Waals surface area contributed by atoms with Crippen molar-refractivity contribution >= 4 is 17.6 Å². The highest BCUT2D eigenvalue weighted by Gasteiger charge is 1.81. The second kappa shape index (κ2) is 22.5. The van der Waals surface area contributed by atoms with E-state index in [2.05, 4.69) is 11.3 Å². The maximum atomic E-state index is 9.82. The van der Waals surface area contributed by atoms with E-state index in [-0.39, 0.29) is 19.2 Å². The number of carbonyl (C=O) groups is 1. The Balaban J connectivity index is -0.000000125. The molecule has 0 spiro atoms. The van der Waals surface area contributed by atoms with E-state index in [9.17, 15) is 4.79 Å². The van der Waals surface area contributed by atoms with Crippen LogP contribution in [0.4, 0.5) is 0 Å². The van der Waals surface area contributed by atoms with Crippen molar-refractivity contribution in [2.24, 2.45) is 0 Å². The fraction of sp³-hybridized carbons (Fsp3) is 0.625. The first-order chi connectivity index (χ1) is 6.10. The average Bonchev–Trinajstić information content (AvgIpc) is 2.06. The molecule has 0 aliphatic rings. The van der Waals surface area contributed by atoms with Gasteiger partial charge in [-0.15, -0.1) is 0 Å². The first kappa shape index (κ1) is 18.3. The van der Waals surface area contributed by atoms with E-state index in [0.717, 1.165) is 0 Å². The van der Waals surface area contributed by atoms with E-state index >= 15 is 0 Å². The molecule has 0 rings (SSSR count). The molecule has 80 valence electrons. The Morgan fingerprint density at radius 1 is 1.54 bits per heavy atom. The molecule has 0 aliphatic heterocycles. The van der Waals surface area contributed by atoms with E-state index in [1.165, 1.54) is 12.5 Å². The Labute approximate surface area is 83.8 Å². The lowest BCUT2D eigenvalue weighted by Gasteiger charge is -1.89. The van der Waals surface area contributed by atoms with Crippen LogP contribution in [0.25, 0.3) is 0 Å². The molecule has 0 unspecified atom stereocenters. The molecule has 0 atom stereocenters. The highest BCUT2D eigenvalue weighted by atomic mass is 35.5. The summed E-state index contributed by atoms with van der Waals surface area (Å²) in [5.74, 6) is -0.211. The van der Waals surface area contributed by atoms with Crippen molar-refractivity contribution in [3.63, 3.8) is 0 Å².